The molecule has 0 atom stereocenters. The number of hydrogen-bond donors (Lipinski definition) is 3. The first-order chi connectivity index (χ1) is 13.1. The van der Waals surface area contributed by atoms with Gasteiger partial charge in [-0.3, -0.25) is 0 Å². The van der Waals surface area contributed by atoms with E-state index in [4.69, 9.17) is 0 Å². The standard InChI is InChI=1S/C19H22N5O2.In/c1-13-12-23-18(22-10-9-15-7-5-4-6-8-15)19(26)24(13)14(2)16(20)11-17(25)21-3;/h2,4-8,12,20H,9-11H2,1,3H3,(H,21,25)(H,22,23);/q-1;+1. The Morgan fingerprint density at radius 2 is 2.07 bits per heavy atom. The molecule has 3 N–H and O–H groups in total. The number of allylic oxidation sites excluding steroid dienone is 1. The number of rotatable bonds is 7. The molecular weight excluding hydrogens is 445 g/mol. The summed E-state index contributed by atoms with van der Waals surface area (Å²) in [5.74, 6) is 0.255. The molecule has 1 aromatic carbocycles. The second-order valence-electron chi connectivity index (χ2n) is 6.24. The molecule has 0 radical (unpaired) electrons. The number of anilines is 1. The van der Waals surface area contributed by atoms with E-state index in [2.05, 4.69) is 34.8 Å². The van der Waals surface area contributed by atoms with E-state index in [9.17, 15) is 9.59 Å². The third kappa shape index (κ3) is 4.68. The van der Waals surface area contributed by atoms with Gasteiger partial charge in [-0.1, -0.05) is 0 Å². The minimum absolute atomic E-state index is 0.0749. The maximum atomic E-state index is 13.0. The van der Waals surface area contributed by atoms with Crippen LogP contribution in [-0.4, -0.2) is 55.5 Å². The van der Waals surface area contributed by atoms with Crippen molar-refractivity contribution in [2.45, 2.75) is 19.8 Å². The molecule has 138 valence electrons. The van der Waals surface area contributed by atoms with Crippen molar-refractivity contribution in [2.24, 2.45) is 0 Å². The maximum absolute atomic E-state index is 13.0. The van der Waals surface area contributed by atoms with Crippen molar-refractivity contribution in [1.29, 1.82) is 0 Å². The van der Waals surface area contributed by atoms with Gasteiger partial charge in [-0.2, -0.15) is 0 Å². The van der Waals surface area contributed by atoms with Crippen LogP contribution in [0.25, 0.3) is 5.70 Å². The molecule has 3 rings (SSSR count). The van der Waals surface area contributed by atoms with Crippen LogP contribution >= 0.6 is 0 Å². The Balaban J connectivity index is 1.83. The Bertz CT molecular complexity index is 950. The van der Waals surface area contributed by atoms with Crippen molar-refractivity contribution in [2.75, 3.05) is 18.9 Å². The van der Waals surface area contributed by atoms with Crippen molar-refractivity contribution >= 4 is 43.9 Å². The molecule has 8 heteroatoms. The van der Waals surface area contributed by atoms with Gasteiger partial charge in [0.2, 0.25) is 0 Å². The first-order valence-corrected chi connectivity index (χ1v) is 12.4. The summed E-state index contributed by atoms with van der Waals surface area (Å²) >= 11 is -1.13. The molecule has 0 bridgehead atoms. The Kier molecular flexibility index (Phi) is 6.49. The van der Waals surface area contributed by atoms with E-state index >= 15 is 0 Å². The van der Waals surface area contributed by atoms with Crippen LogP contribution in [0.5, 0.6) is 0 Å². The average Bonchev–Trinajstić information content (AvgIpc) is 3.12. The summed E-state index contributed by atoms with van der Waals surface area (Å²) in [6.07, 6.45) is 2.75. The molecule has 0 fully saturated rings. The van der Waals surface area contributed by atoms with Crippen LogP contribution in [0.1, 0.15) is 17.7 Å². The third-order valence-electron chi connectivity index (χ3n) is 4.35. The fourth-order valence-electron chi connectivity index (χ4n) is 2.92. The van der Waals surface area contributed by atoms with Gasteiger partial charge in [0.15, 0.2) is 0 Å². The van der Waals surface area contributed by atoms with Gasteiger partial charge in [-0.15, -0.1) is 0 Å². The molecule has 0 aliphatic carbocycles. The van der Waals surface area contributed by atoms with Crippen molar-refractivity contribution in [3.05, 3.63) is 63.8 Å². The monoisotopic (exact) mass is 467 g/mol. The molecule has 0 unspecified atom stereocenters. The summed E-state index contributed by atoms with van der Waals surface area (Å²) < 4.78 is 7.12. The Hall–Kier alpha value is -2.35. The van der Waals surface area contributed by atoms with Crippen LogP contribution in [0.4, 0.5) is 5.82 Å². The molecule has 0 saturated heterocycles. The molecule has 1 amide bonds. The van der Waals surface area contributed by atoms with Gasteiger partial charge in [0.05, 0.1) is 0 Å². The molecule has 7 nitrogen and oxygen atoms in total. The van der Waals surface area contributed by atoms with E-state index in [1.807, 2.05) is 25.1 Å². The SMILES string of the molecule is CNC(=O)CC1=C(n2c(C)cnc(NCCc3ccccc3)c2=O)[CH]=[In][NH]1. The predicted octanol–water partition coefficient (Wildman–Crippen LogP) is 0.536. The number of nitrogens with one attached hydrogen (secondary N) is 3. The van der Waals surface area contributed by atoms with E-state index in [-0.39, 0.29) is 17.9 Å². The molecule has 1 aliphatic heterocycles. The fraction of sp³-hybridized carbons (Fsp3) is 0.263. The minimum atomic E-state index is -1.13. The molecule has 2 heterocycles. The van der Waals surface area contributed by atoms with Gasteiger partial charge in [-0.25, -0.2) is 0 Å². The summed E-state index contributed by atoms with van der Waals surface area (Å²) in [5.41, 5.74) is 3.39. The molecule has 2 aromatic rings. The summed E-state index contributed by atoms with van der Waals surface area (Å²) in [5, 5.41) is 5.78. The molecule has 1 aromatic heterocycles. The van der Waals surface area contributed by atoms with E-state index in [0.29, 0.717) is 12.4 Å². The Morgan fingerprint density at radius 3 is 2.81 bits per heavy atom. The number of carbonyl (C=O) groups excluding carboxylic acids is 1. The van der Waals surface area contributed by atoms with Gasteiger partial charge in [0.25, 0.3) is 0 Å². The van der Waals surface area contributed by atoms with E-state index in [1.54, 1.807) is 17.8 Å². The van der Waals surface area contributed by atoms with Crippen LogP contribution in [0, 0.1) is 6.92 Å². The number of hydrogen-bond acceptors (Lipinski definition) is 5. The van der Waals surface area contributed by atoms with Crippen LogP contribution < -0.4 is 19.5 Å². The summed E-state index contributed by atoms with van der Waals surface area (Å²) in [4.78, 5) is 29.0. The normalized spacial score (nSPS) is 12.5. The zero-order valence-electron chi connectivity index (χ0n) is 15.5. The third-order valence-corrected chi connectivity index (χ3v) is 7.20. The summed E-state index contributed by atoms with van der Waals surface area (Å²) in [7, 11) is 1.61. The van der Waals surface area contributed by atoms with Crippen molar-refractivity contribution in [1.82, 2.24) is 18.2 Å². The number of aryl methyl sites for hydroxylation is 1. The van der Waals surface area contributed by atoms with E-state index in [0.717, 1.165) is 23.5 Å². The molecule has 1 aliphatic rings. The second-order valence-corrected chi connectivity index (χ2v) is 8.97. The van der Waals surface area contributed by atoms with Gasteiger partial charge in [0, 0.05) is 0 Å². The van der Waals surface area contributed by atoms with Crippen molar-refractivity contribution in [3.63, 3.8) is 0 Å². The number of benzene rings is 1. The first kappa shape index (κ1) is 19.4. The first-order valence-electron chi connectivity index (χ1n) is 8.84. The molecule has 0 spiro atoms. The van der Waals surface area contributed by atoms with Crippen LogP contribution in [0.3, 0.4) is 0 Å². The number of amides is 1. The quantitative estimate of drug-likeness (QED) is 0.554. The number of aromatic nitrogens is 2. The summed E-state index contributed by atoms with van der Waals surface area (Å²) in [6, 6.07) is 10.1. The topological polar surface area (TPSA) is 88.1 Å². The van der Waals surface area contributed by atoms with Gasteiger partial charge < -0.3 is 0 Å². The van der Waals surface area contributed by atoms with Gasteiger partial charge in [0.1, 0.15) is 0 Å². The Morgan fingerprint density at radius 1 is 1.30 bits per heavy atom. The number of carbonyl (C=O) groups is 1. The average molecular weight is 467 g/mol. The fourth-order valence-corrected chi connectivity index (χ4v) is 5.90. The number of nitrogens with zero attached hydrogens (tertiary/aromatic N) is 2. The zero-order chi connectivity index (χ0) is 19.2. The van der Waals surface area contributed by atoms with E-state index < -0.39 is 22.7 Å². The summed E-state index contributed by atoms with van der Waals surface area (Å²) in [6.45, 7) is 2.48. The molecule has 0 saturated carbocycles. The van der Waals surface area contributed by atoms with Gasteiger partial charge >= 0.3 is 169 Å². The molecule has 27 heavy (non-hydrogen) atoms. The predicted molar refractivity (Wildman–Crippen MR) is 109 cm³/mol. The van der Waals surface area contributed by atoms with Crippen LogP contribution in [0.15, 0.2) is 47.0 Å². The van der Waals surface area contributed by atoms with Crippen molar-refractivity contribution in [3.8, 4) is 0 Å². The molecular formula is C19H22InN5O2. The van der Waals surface area contributed by atoms with Gasteiger partial charge in [-0.05, 0) is 0 Å². The van der Waals surface area contributed by atoms with Crippen LogP contribution in [0.2, 0.25) is 0 Å². The van der Waals surface area contributed by atoms with E-state index in [1.165, 1.54) is 5.56 Å². The zero-order valence-corrected chi connectivity index (χ0v) is 18.7. The Labute approximate surface area is 169 Å². The van der Waals surface area contributed by atoms with Crippen molar-refractivity contribution < 1.29 is 4.79 Å². The van der Waals surface area contributed by atoms with Crippen LogP contribution in [-0.2, 0) is 11.2 Å². The second kappa shape index (κ2) is 9.03.